The van der Waals surface area contributed by atoms with Gasteiger partial charge in [-0.2, -0.15) is 0 Å². The van der Waals surface area contributed by atoms with Crippen molar-refractivity contribution in [3.63, 3.8) is 0 Å². The Morgan fingerprint density at radius 2 is 2.36 bits per heavy atom. The van der Waals surface area contributed by atoms with E-state index in [1.807, 2.05) is 12.5 Å². The van der Waals surface area contributed by atoms with E-state index in [4.69, 9.17) is 5.11 Å². The van der Waals surface area contributed by atoms with Gasteiger partial charge in [0.05, 0.1) is 18.6 Å². The largest absolute Gasteiger partial charge is 0.395 e. The summed E-state index contributed by atoms with van der Waals surface area (Å²) in [5.74, 6) is 0. The Morgan fingerprint density at radius 3 is 2.93 bits per heavy atom. The fourth-order valence-corrected chi connectivity index (χ4v) is 1.37. The summed E-state index contributed by atoms with van der Waals surface area (Å²) in [4.78, 5) is 4.08. The third kappa shape index (κ3) is 2.82. The predicted molar refractivity (Wildman–Crippen MR) is 55.9 cm³/mol. The maximum atomic E-state index is 9.00. The van der Waals surface area contributed by atoms with Gasteiger partial charge in [-0.15, -0.1) is 0 Å². The highest BCUT2D eigenvalue weighted by Gasteiger charge is 2.05. The molecule has 1 aromatic rings. The zero-order chi connectivity index (χ0) is 10.4. The van der Waals surface area contributed by atoms with Gasteiger partial charge in [-0.1, -0.05) is 6.92 Å². The first-order valence-corrected chi connectivity index (χ1v) is 5.15. The smallest absolute Gasteiger partial charge is 0.0948 e. The highest BCUT2D eigenvalue weighted by molar-refractivity contribution is 4.97. The van der Waals surface area contributed by atoms with Gasteiger partial charge in [0.1, 0.15) is 0 Å². The standard InChI is InChI=1S/C10H19N3O/c1-3-9(7-14)12-6-10-5-11-8-13(10)4-2/h5,8-9,12,14H,3-4,6-7H2,1-2H3/t9-/m1/s1. The van der Waals surface area contributed by atoms with Crippen LogP contribution in [0.4, 0.5) is 0 Å². The number of nitrogens with one attached hydrogen (secondary N) is 1. The van der Waals surface area contributed by atoms with Crippen LogP contribution >= 0.6 is 0 Å². The minimum atomic E-state index is 0.190. The van der Waals surface area contributed by atoms with E-state index in [1.165, 1.54) is 5.69 Å². The second-order valence-corrected chi connectivity index (χ2v) is 3.34. The summed E-state index contributed by atoms with van der Waals surface area (Å²) < 4.78 is 2.09. The molecular formula is C10H19N3O. The molecule has 0 saturated carbocycles. The first-order valence-electron chi connectivity index (χ1n) is 5.15. The van der Waals surface area contributed by atoms with E-state index in [9.17, 15) is 0 Å². The van der Waals surface area contributed by atoms with Gasteiger partial charge < -0.3 is 15.0 Å². The van der Waals surface area contributed by atoms with Crippen LogP contribution in [0.2, 0.25) is 0 Å². The lowest BCUT2D eigenvalue weighted by Crippen LogP contribution is -2.31. The molecule has 0 aliphatic rings. The molecule has 1 heterocycles. The molecule has 0 saturated heterocycles. The molecule has 1 rings (SSSR count). The van der Waals surface area contributed by atoms with Crippen molar-refractivity contribution in [2.75, 3.05) is 6.61 Å². The lowest BCUT2D eigenvalue weighted by Gasteiger charge is -2.14. The molecule has 0 aromatic carbocycles. The summed E-state index contributed by atoms with van der Waals surface area (Å²) in [5, 5.41) is 12.3. The number of aryl methyl sites for hydroxylation is 1. The van der Waals surface area contributed by atoms with Crippen LogP contribution in [0.5, 0.6) is 0 Å². The van der Waals surface area contributed by atoms with Crippen molar-refractivity contribution in [2.45, 2.75) is 39.4 Å². The average Bonchev–Trinajstić information content (AvgIpc) is 2.67. The van der Waals surface area contributed by atoms with Crippen molar-refractivity contribution < 1.29 is 5.11 Å². The Labute approximate surface area is 85.0 Å². The maximum absolute atomic E-state index is 9.00. The second kappa shape index (κ2) is 5.78. The van der Waals surface area contributed by atoms with Gasteiger partial charge in [-0.25, -0.2) is 4.98 Å². The Morgan fingerprint density at radius 1 is 1.57 bits per heavy atom. The Hall–Kier alpha value is -0.870. The molecule has 0 spiro atoms. The molecule has 14 heavy (non-hydrogen) atoms. The molecule has 0 amide bonds. The number of hydrogen-bond donors (Lipinski definition) is 2. The minimum Gasteiger partial charge on any atom is -0.395 e. The summed E-state index contributed by atoms with van der Waals surface area (Å²) in [6.07, 6.45) is 4.63. The predicted octanol–water partition coefficient (Wildman–Crippen LogP) is 0.763. The van der Waals surface area contributed by atoms with E-state index in [0.29, 0.717) is 0 Å². The summed E-state index contributed by atoms with van der Waals surface area (Å²) >= 11 is 0. The molecule has 1 aromatic heterocycles. The highest BCUT2D eigenvalue weighted by Crippen LogP contribution is 2.00. The SMILES string of the molecule is CC[C@H](CO)NCc1cncn1CC. The topological polar surface area (TPSA) is 50.1 Å². The first kappa shape index (κ1) is 11.2. The van der Waals surface area contributed by atoms with Crippen LogP contribution in [-0.2, 0) is 13.1 Å². The second-order valence-electron chi connectivity index (χ2n) is 3.34. The van der Waals surface area contributed by atoms with Gasteiger partial charge in [0.15, 0.2) is 0 Å². The quantitative estimate of drug-likeness (QED) is 0.708. The highest BCUT2D eigenvalue weighted by atomic mass is 16.3. The van der Waals surface area contributed by atoms with Crippen molar-refractivity contribution in [3.05, 3.63) is 18.2 Å². The lowest BCUT2D eigenvalue weighted by atomic mass is 10.2. The minimum absolute atomic E-state index is 0.190. The Bertz CT molecular complexity index is 256. The molecule has 0 aliphatic heterocycles. The van der Waals surface area contributed by atoms with Crippen LogP contribution in [0.25, 0.3) is 0 Å². The van der Waals surface area contributed by atoms with Crippen molar-refractivity contribution in [2.24, 2.45) is 0 Å². The van der Waals surface area contributed by atoms with Gasteiger partial charge in [-0.3, -0.25) is 0 Å². The number of rotatable bonds is 6. The summed E-state index contributed by atoms with van der Waals surface area (Å²) in [5.41, 5.74) is 1.17. The van der Waals surface area contributed by atoms with E-state index in [-0.39, 0.29) is 12.6 Å². The number of aromatic nitrogens is 2. The molecule has 0 bridgehead atoms. The Balaban J connectivity index is 2.44. The zero-order valence-electron chi connectivity index (χ0n) is 8.90. The maximum Gasteiger partial charge on any atom is 0.0948 e. The van der Waals surface area contributed by atoms with Crippen molar-refractivity contribution in [1.29, 1.82) is 0 Å². The van der Waals surface area contributed by atoms with Gasteiger partial charge in [-0.05, 0) is 13.3 Å². The first-order chi connectivity index (χ1) is 6.81. The number of aliphatic hydroxyl groups excluding tert-OH is 1. The van der Waals surface area contributed by atoms with Crippen molar-refractivity contribution in [3.8, 4) is 0 Å². The molecule has 0 aliphatic carbocycles. The number of aliphatic hydroxyl groups is 1. The lowest BCUT2D eigenvalue weighted by molar-refractivity contribution is 0.237. The summed E-state index contributed by atoms with van der Waals surface area (Å²) in [6.45, 7) is 6.05. The van der Waals surface area contributed by atoms with Gasteiger partial charge in [0.25, 0.3) is 0 Å². The molecule has 4 nitrogen and oxygen atoms in total. The molecule has 0 radical (unpaired) electrons. The molecule has 1 atom stereocenters. The number of hydrogen-bond acceptors (Lipinski definition) is 3. The molecular weight excluding hydrogens is 178 g/mol. The van der Waals surface area contributed by atoms with Gasteiger partial charge in [0.2, 0.25) is 0 Å². The molecule has 4 heteroatoms. The Kier molecular flexibility index (Phi) is 4.62. The van der Waals surface area contributed by atoms with Crippen LogP contribution in [0.15, 0.2) is 12.5 Å². The number of nitrogens with zero attached hydrogens (tertiary/aromatic N) is 2. The monoisotopic (exact) mass is 197 g/mol. The fourth-order valence-electron chi connectivity index (χ4n) is 1.37. The van der Waals surface area contributed by atoms with E-state index in [2.05, 4.69) is 28.7 Å². The van der Waals surface area contributed by atoms with E-state index < -0.39 is 0 Å². The zero-order valence-corrected chi connectivity index (χ0v) is 8.90. The van der Waals surface area contributed by atoms with Crippen LogP contribution in [-0.4, -0.2) is 27.3 Å². The fraction of sp³-hybridized carbons (Fsp3) is 0.700. The number of imidazole rings is 1. The molecule has 80 valence electrons. The van der Waals surface area contributed by atoms with Crippen LogP contribution < -0.4 is 5.32 Å². The van der Waals surface area contributed by atoms with Gasteiger partial charge >= 0.3 is 0 Å². The molecule has 2 N–H and O–H groups in total. The van der Waals surface area contributed by atoms with E-state index in [1.54, 1.807) is 0 Å². The van der Waals surface area contributed by atoms with Crippen molar-refractivity contribution >= 4 is 0 Å². The van der Waals surface area contributed by atoms with E-state index >= 15 is 0 Å². The summed E-state index contributed by atoms with van der Waals surface area (Å²) in [7, 11) is 0. The van der Waals surface area contributed by atoms with Crippen molar-refractivity contribution in [1.82, 2.24) is 14.9 Å². The summed E-state index contributed by atoms with van der Waals surface area (Å²) in [6, 6.07) is 0.190. The van der Waals surface area contributed by atoms with Crippen LogP contribution in [0.3, 0.4) is 0 Å². The third-order valence-electron chi connectivity index (χ3n) is 2.42. The van der Waals surface area contributed by atoms with Crippen LogP contribution in [0, 0.1) is 0 Å². The average molecular weight is 197 g/mol. The molecule has 0 fully saturated rings. The van der Waals surface area contributed by atoms with Gasteiger partial charge in [0, 0.05) is 25.3 Å². The molecule has 0 unspecified atom stereocenters. The van der Waals surface area contributed by atoms with Crippen LogP contribution in [0.1, 0.15) is 26.0 Å². The van der Waals surface area contributed by atoms with E-state index in [0.717, 1.165) is 19.5 Å². The normalized spacial score (nSPS) is 13.1. The third-order valence-corrected chi connectivity index (χ3v) is 2.42.